The smallest absolute Gasteiger partial charge is 0.272 e. The fourth-order valence-corrected chi connectivity index (χ4v) is 5.86. The molecule has 2 aromatic carbocycles. The van der Waals surface area contributed by atoms with Gasteiger partial charge in [-0.25, -0.2) is 9.50 Å². The zero-order valence-corrected chi connectivity index (χ0v) is 22.6. The molecule has 204 valence electrons. The molecule has 5 rings (SSSR count). The van der Waals surface area contributed by atoms with E-state index in [2.05, 4.69) is 44.4 Å². The molecule has 3 heterocycles. The number of fused-ring (bicyclic) bond motifs is 1. The molecule has 0 bridgehead atoms. The highest BCUT2D eigenvalue weighted by Gasteiger charge is 2.27. The van der Waals surface area contributed by atoms with E-state index in [1.54, 1.807) is 29.8 Å². The van der Waals surface area contributed by atoms with Crippen molar-refractivity contribution in [3.05, 3.63) is 71.9 Å². The summed E-state index contributed by atoms with van der Waals surface area (Å²) >= 11 is 0. The number of carbonyl (C=O) groups excluding carboxylic acids is 1. The third kappa shape index (κ3) is 5.58. The number of hydrogen-bond acceptors (Lipinski definition) is 8. The Kier molecular flexibility index (Phi) is 7.25. The SMILES string of the molecule is CCC(c1ccc(C(N)=O)cc1-c1ccc2cnc(Nc3ccc(N4CCN(C)CC4)cc3)nn12)S(=O)(=O)O. The van der Waals surface area contributed by atoms with Crippen molar-refractivity contribution in [2.45, 2.75) is 18.6 Å². The number of nitrogens with one attached hydrogen (secondary N) is 1. The van der Waals surface area contributed by atoms with Crippen molar-refractivity contribution in [1.29, 1.82) is 0 Å². The fraction of sp³-hybridized carbons (Fsp3) is 0.296. The zero-order chi connectivity index (χ0) is 27.7. The molecule has 0 radical (unpaired) electrons. The largest absolute Gasteiger partial charge is 0.369 e. The van der Waals surface area contributed by atoms with Crippen LogP contribution in [0.1, 0.15) is 34.5 Å². The van der Waals surface area contributed by atoms with Crippen LogP contribution in [0.5, 0.6) is 0 Å². The van der Waals surface area contributed by atoms with Gasteiger partial charge in [-0.05, 0) is 67.6 Å². The summed E-state index contributed by atoms with van der Waals surface area (Å²) in [6.07, 6.45) is 1.78. The monoisotopic (exact) mass is 549 g/mol. The van der Waals surface area contributed by atoms with Crippen LogP contribution in [0.15, 0.2) is 60.8 Å². The minimum atomic E-state index is -4.41. The van der Waals surface area contributed by atoms with Crippen LogP contribution in [0.4, 0.5) is 17.3 Å². The molecule has 4 N–H and O–H groups in total. The van der Waals surface area contributed by atoms with Crippen LogP contribution >= 0.6 is 0 Å². The second-order valence-electron chi connectivity index (χ2n) is 9.68. The van der Waals surface area contributed by atoms with Gasteiger partial charge in [0.25, 0.3) is 10.1 Å². The van der Waals surface area contributed by atoms with Crippen molar-refractivity contribution in [3.63, 3.8) is 0 Å². The third-order valence-corrected chi connectivity index (χ3v) is 8.39. The summed E-state index contributed by atoms with van der Waals surface area (Å²) in [7, 11) is -2.28. The van der Waals surface area contributed by atoms with Crippen molar-refractivity contribution in [2.24, 2.45) is 5.73 Å². The number of piperazine rings is 1. The molecular weight excluding hydrogens is 518 g/mol. The first-order valence-electron chi connectivity index (χ1n) is 12.7. The van der Waals surface area contributed by atoms with Gasteiger partial charge in [0.1, 0.15) is 5.25 Å². The van der Waals surface area contributed by atoms with Crippen LogP contribution in [0, 0.1) is 0 Å². The number of hydrogen-bond donors (Lipinski definition) is 3. The number of likely N-dealkylation sites (N-methyl/N-ethyl adjacent to an activating group) is 1. The van der Waals surface area contributed by atoms with Crippen molar-refractivity contribution in [1.82, 2.24) is 19.5 Å². The van der Waals surface area contributed by atoms with Crippen molar-refractivity contribution in [2.75, 3.05) is 43.4 Å². The van der Waals surface area contributed by atoms with Gasteiger partial charge in [0, 0.05) is 48.7 Å². The minimum absolute atomic E-state index is 0.136. The van der Waals surface area contributed by atoms with Crippen LogP contribution in [0.25, 0.3) is 16.8 Å². The van der Waals surface area contributed by atoms with Crippen LogP contribution in [-0.4, -0.2) is 71.6 Å². The molecule has 1 saturated heterocycles. The van der Waals surface area contributed by atoms with Gasteiger partial charge in [0.15, 0.2) is 0 Å². The van der Waals surface area contributed by atoms with Gasteiger partial charge in [-0.3, -0.25) is 9.35 Å². The summed E-state index contributed by atoms with van der Waals surface area (Å²) in [5, 5.41) is 6.68. The molecule has 1 fully saturated rings. The van der Waals surface area contributed by atoms with Crippen LogP contribution in [0.3, 0.4) is 0 Å². The Bertz CT molecular complexity index is 1610. The topological polar surface area (TPSA) is 146 Å². The van der Waals surface area contributed by atoms with Crippen molar-refractivity contribution < 1.29 is 17.8 Å². The molecule has 12 heteroatoms. The summed E-state index contributed by atoms with van der Waals surface area (Å²) in [6.45, 7) is 5.68. The minimum Gasteiger partial charge on any atom is -0.369 e. The first-order valence-corrected chi connectivity index (χ1v) is 14.2. The number of rotatable bonds is 8. The van der Waals surface area contributed by atoms with Gasteiger partial charge >= 0.3 is 0 Å². The fourth-order valence-electron chi connectivity index (χ4n) is 4.92. The first kappa shape index (κ1) is 26.6. The third-order valence-electron chi connectivity index (χ3n) is 7.08. The predicted octanol–water partition coefficient (Wildman–Crippen LogP) is 3.33. The Balaban J connectivity index is 1.49. The molecule has 0 aliphatic carbocycles. The highest BCUT2D eigenvalue weighted by atomic mass is 32.2. The lowest BCUT2D eigenvalue weighted by molar-refractivity contribution is 0.100. The van der Waals surface area contributed by atoms with Gasteiger partial charge in [0.05, 0.1) is 17.4 Å². The van der Waals surface area contributed by atoms with Gasteiger partial charge in [-0.2, -0.15) is 8.42 Å². The van der Waals surface area contributed by atoms with Gasteiger partial charge in [0.2, 0.25) is 11.9 Å². The van der Waals surface area contributed by atoms with Crippen LogP contribution < -0.4 is 16.0 Å². The maximum absolute atomic E-state index is 12.2. The van der Waals surface area contributed by atoms with E-state index < -0.39 is 21.3 Å². The van der Waals surface area contributed by atoms with Crippen LogP contribution in [-0.2, 0) is 10.1 Å². The van der Waals surface area contributed by atoms with Gasteiger partial charge in [-0.1, -0.05) is 13.0 Å². The van der Waals surface area contributed by atoms with E-state index in [0.717, 1.165) is 37.6 Å². The van der Waals surface area contributed by atoms with E-state index in [0.29, 0.717) is 28.3 Å². The molecule has 1 aliphatic rings. The van der Waals surface area contributed by atoms with Gasteiger partial charge < -0.3 is 20.9 Å². The lowest BCUT2D eigenvalue weighted by atomic mass is 9.97. The van der Waals surface area contributed by atoms with Crippen molar-refractivity contribution in [3.8, 4) is 11.3 Å². The number of primary amides is 1. The predicted molar refractivity (Wildman–Crippen MR) is 151 cm³/mol. The lowest BCUT2D eigenvalue weighted by Gasteiger charge is -2.34. The number of nitrogens with zero attached hydrogens (tertiary/aromatic N) is 5. The van der Waals surface area contributed by atoms with E-state index in [1.165, 1.54) is 18.2 Å². The summed E-state index contributed by atoms with van der Waals surface area (Å²) in [6, 6.07) is 16.1. The number of carbonyl (C=O) groups is 1. The lowest BCUT2D eigenvalue weighted by Crippen LogP contribution is -2.44. The number of aromatic nitrogens is 3. The second kappa shape index (κ2) is 10.6. The number of anilines is 3. The molecule has 2 aromatic heterocycles. The molecule has 1 amide bonds. The molecule has 4 aromatic rings. The van der Waals surface area contributed by atoms with Crippen molar-refractivity contribution >= 4 is 38.9 Å². The average molecular weight is 550 g/mol. The van der Waals surface area contributed by atoms with E-state index in [4.69, 9.17) is 5.73 Å². The second-order valence-corrected chi connectivity index (χ2v) is 11.3. The average Bonchev–Trinajstić information content (AvgIpc) is 3.32. The van der Waals surface area contributed by atoms with E-state index in [1.807, 2.05) is 12.1 Å². The Labute approximate surface area is 227 Å². The first-order chi connectivity index (χ1) is 18.6. The summed E-state index contributed by atoms with van der Waals surface area (Å²) < 4.78 is 35.9. The Morgan fingerprint density at radius 3 is 2.44 bits per heavy atom. The highest BCUT2D eigenvalue weighted by Crippen LogP contribution is 2.35. The maximum atomic E-state index is 12.2. The zero-order valence-electron chi connectivity index (χ0n) is 21.8. The Morgan fingerprint density at radius 2 is 1.79 bits per heavy atom. The molecule has 0 saturated carbocycles. The maximum Gasteiger partial charge on any atom is 0.272 e. The normalized spacial score (nSPS) is 15.4. The molecule has 1 atom stereocenters. The molecule has 39 heavy (non-hydrogen) atoms. The Morgan fingerprint density at radius 1 is 1.08 bits per heavy atom. The highest BCUT2D eigenvalue weighted by molar-refractivity contribution is 7.86. The summed E-state index contributed by atoms with van der Waals surface area (Å²) in [4.78, 5) is 21.0. The molecule has 11 nitrogen and oxygen atoms in total. The molecule has 0 spiro atoms. The number of benzene rings is 2. The van der Waals surface area contributed by atoms with Gasteiger partial charge in [-0.15, -0.1) is 5.10 Å². The molecule has 1 unspecified atom stereocenters. The molecular formula is C27H31N7O4S. The van der Waals surface area contributed by atoms with E-state index >= 15 is 0 Å². The summed E-state index contributed by atoms with van der Waals surface area (Å²) in [5.74, 6) is -0.317. The van der Waals surface area contributed by atoms with Crippen LogP contribution in [0.2, 0.25) is 0 Å². The summed E-state index contributed by atoms with van der Waals surface area (Å²) in [5.41, 5.74) is 9.66. The van der Waals surface area contributed by atoms with E-state index in [-0.39, 0.29) is 12.0 Å². The number of nitrogens with two attached hydrogens (primary N) is 1. The quantitative estimate of drug-likeness (QED) is 0.282. The number of amides is 1. The van der Waals surface area contributed by atoms with E-state index in [9.17, 15) is 17.8 Å². The molecule has 1 aliphatic heterocycles. The standard InChI is InChI=1S/C27H31N7O4S/c1-3-25(39(36,37)38)22-10-4-18(26(28)35)16-23(22)24-11-9-21-17-29-27(31-34(21)24)30-19-5-7-20(8-6-19)33-14-12-32(2)13-15-33/h4-11,16-17,25H,3,12-15H2,1-2H3,(H2,28,35)(H,30,31)(H,36,37,38). The Hall–Kier alpha value is -4.00.